The van der Waals surface area contributed by atoms with Crippen LogP contribution in [0.25, 0.3) is 0 Å². The van der Waals surface area contributed by atoms with Crippen molar-refractivity contribution in [3.8, 4) is 0 Å². The van der Waals surface area contributed by atoms with Gasteiger partial charge in [0, 0.05) is 12.4 Å². The molecular weight excluding hydrogens is 316 g/mol. The number of sulfonamides is 1. The third kappa shape index (κ3) is 4.72. The van der Waals surface area contributed by atoms with Crippen molar-refractivity contribution in [2.45, 2.75) is 45.9 Å². The molecule has 9 heteroatoms. The second kappa shape index (κ2) is 6.59. The predicted molar refractivity (Wildman–Crippen MR) is 76.9 cm³/mol. The number of nitrogens with one attached hydrogen (secondary N) is 1. The highest BCUT2D eigenvalue weighted by Gasteiger charge is 2.30. The summed E-state index contributed by atoms with van der Waals surface area (Å²) in [6, 6.07) is 0. The van der Waals surface area contributed by atoms with Gasteiger partial charge in [-0.2, -0.15) is 8.78 Å². The van der Waals surface area contributed by atoms with Crippen molar-refractivity contribution in [2.24, 2.45) is 5.41 Å². The van der Waals surface area contributed by atoms with E-state index < -0.39 is 16.6 Å². The van der Waals surface area contributed by atoms with Gasteiger partial charge in [-0.1, -0.05) is 13.8 Å². The molecule has 1 saturated heterocycles. The largest absolute Gasteiger partial charge is 0.377 e. The quantitative estimate of drug-likeness (QED) is 0.860. The summed E-state index contributed by atoms with van der Waals surface area (Å²) in [4.78, 5) is 3.73. The summed E-state index contributed by atoms with van der Waals surface area (Å²) in [5, 5.41) is 0. The molecule has 0 amide bonds. The Hall–Kier alpha value is -1.06. The SMILES string of the molecule is CC1(C)CCC(CS(=O)(=O)NCc2nccn2C(F)F)OC1. The summed E-state index contributed by atoms with van der Waals surface area (Å²) in [6.07, 6.45) is 3.52. The lowest BCUT2D eigenvalue weighted by Gasteiger charge is -2.34. The number of aromatic nitrogens is 2. The van der Waals surface area contributed by atoms with Crippen LogP contribution in [0.5, 0.6) is 0 Å². The fourth-order valence-electron chi connectivity index (χ4n) is 2.32. The summed E-state index contributed by atoms with van der Waals surface area (Å²) in [6.45, 7) is 1.65. The molecule has 1 aromatic heterocycles. The van der Waals surface area contributed by atoms with Crippen molar-refractivity contribution in [2.75, 3.05) is 12.4 Å². The summed E-state index contributed by atoms with van der Waals surface area (Å²) in [5.74, 6) is -0.192. The van der Waals surface area contributed by atoms with Crippen LogP contribution in [-0.4, -0.2) is 36.4 Å². The highest BCUT2D eigenvalue weighted by molar-refractivity contribution is 7.89. The molecule has 1 aliphatic heterocycles. The molecule has 6 nitrogen and oxygen atoms in total. The van der Waals surface area contributed by atoms with Gasteiger partial charge in [0.1, 0.15) is 5.82 Å². The standard InChI is InChI=1S/C13H21F2N3O3S/c1-13(2)4-3-10(21-9-13)8-22(19,20)17-7-11-16-5-6-18(11)12(14)15/h5-6,10,12,17H,3-4,7-9H2,1-2H3. The molecule has 1 unspecified atom stereocenters. The molecule has 0 bridgehead atoms. The zero-order chi connectivity index (χ0) is 16.4. The molecule has 2 rings (SSSR count). The third-order valence-corrected chi connectivity index (χ3v) is 5.06. The van der Waals surface area contributed by atoms with Crippen molar-refractivity contribution < 1.29 is 21.9 Å². The maximum Gasteiger partial charge on any atom is 0.319 e. The number of halogens is 2. The highest BCUT2D eigenvalue weighted by atomic mass is 32.2. The summed E-state index contributed by atoms with van der Waals surface area (Å²) < 4.78 is 57.8. The van der Waals surface area contributed by atoms with E-state index in [1.54, 1.807) is 0 Å². The Labute approximate surface area is 128 Å². The number of hydrogen-bond acceptors (Lipinski definition) is 4. The second-order valence-corrected chi connectivity index (χ2v) is 8.12. The van der Waals surface area contributed by atoms with Gasteiger partial charge in [-0.3, -0.25) is 4.57 Å². The van der Waals surface area contributed by atoms with Crippen LogP contribution >= 0.6 is 0 Å². The molecule has 2 heterocycles. The number of rotatable bonds is 6. The first kappa shape index (κ1) is 17.3. The monoisotopic (exact) mass is 337 g/mol. The van der Waals surface area contributed by atoms with Gasteiger partial charge in [0.25, 0.3) is 0 Å². The topological polar surface area (TPSA) is 73.2 Å². The van der Waals surface area contributed by atoms with E-state index in [-0.39, 0.29) is 29.6 Å². The Kier molecular flexibility index (Phi) is 5.18. The number of imidazole rings is 1. The van der Waals surface area contributed by atoms with Gasteiger partial charge in [0.15, 0.2) is 0 Å². The molecule has 0 radical (unpaired) electrons. The minimum absolute atomic E-state index is 0.0238. The minimum Gasteiger partial charge on any atom is -0.377 e. The van der Waals surface area contributed by atoms with Crippen LogP contribution in [0, 0.1) is 5.41 Å². The van der Waals surface area contributed by atoms with Gasteiger partial charge in [-0.05, 0) is 18.3 Å². The molecule has 1 aliphatic rings. The average Bonchev–Trinajstić information content (AvgIpc) is 2.88. The van der Waals surface area contributed by atoms with E-state index in [0.717, 1.165) is 12.6 Å². The van der Waals surface area contributed by atoms with Crippen LogP contribution in [0.1, 0.15) is 39.1 Å². The van der Waals surface area contributed by atoms with E-state index >= 15 is 0 Å². The molecule has 1 N–H and O–H groups in total. The van der Waals surface area contributed by atoms with Gasteiger partial charge < -0.3 is 4.74 Å². The molecule has 1 atom stereocenters. The molecule has 22 heavy (non-hydrogen) atoms. The predicted octanol–water partition coefficient (Wildman–Crippen LogP) is 1.90. The van der Waals surface area contributed by atoms with Crippen molar-refractivity contribution in [1.29, 1.82) is 0 Å². The van der Waals surface area contributed by atoms with Gasteiger partial charge >= 0.3 is 6.55 Å². The fourth-order valence-corrected chi connectivity index (χ4v) is 3.54. The van der Waals surface area contributed by atoms with E-state index in [1.807, 2.05) is 0 Å². The van der Waals surface area contributed by atoms with Gasteiger partial charge in [-0.15, -0.1) is 0 Å². The number of alkyl halides is 2. The fraction of sp³-hybridized carbons (Fsp3) is 0.769. The van der Waals surface area contributed by atoms with Crippen LogP contribution in [0.2, 0.25) is 0 Å². The Morgan fingerprint density at radius 2 is 2.27 bits per heavy atom. The third-order valence-electron chi connectivity index (χ3n) is 3.67. The van der Waals surface area contributed by atoms with Crippen molar-refractivity contribution in [3.05, 3.63) is 18.2 Å². The highest BCUT2D eigenvalue weighted by Crippen LogP contribution is 2.30. The Balaban J connectivity index is 1.88. The first-order chi connectivity index (χ1) is 10.2. The maximum atomic E-state index is 12.7. The minimum atomic E-state index is -3.61. The van der Waals surface area contributed by atoms with Crippen molar-refractivity contribution >= 4 is 10.0 Å². The zero-order valence-corrected chi connectivity index (χ0v) is 13.4. The molecule has 0 spiro atoms. The summed E-state index contributed by atoms with van der Waals surface area (Å²) in [5.41, 5.74) is 0.0652. The van der Waals surface area contributed by atoms with E-state index in [9.17, 15) is 17.2 Å². The van der Waals surface area contributed by atoms with Crippen molar-refractivity contribution in [3.63, 3.8) is 0 Å². The zero-order valence-electron chi connectivity index (χ0n) is 12.6. The molecule has 1 fully saturated rings. The van der Waals surface area contributed by atoms with E-state index in [2.05, 4.69) is 23.6 Å². The lowest BCUT2D eigenvalue weighted by Crippen LogP contribution is -2.39. The second-order valence-electron chi connectivity index (χ2n) is 6.27. The average molecular weight is 337 g/mol. The molecule has 126 valence electrons. The van der Waals surface area contributed by atoms with Gasteiger partial charge in [0.2, 0.25) is 10.0 Å². The van der Waals surface area contributed by atoms with E-state index in [1.165, 1.54) is 6.20 Å². The normalized spacial score (nSPS) is 22.1. The van der Waals surface area contributed by atoms with Gasteiger partial charge in [-0.25, -0.2) is 18.1 Å². The van der Waals surface area contributed by atoms with Crippen LogP contribution < -0.4 is 4.72 Å². The summed E-state index contributed by atoms with van der Waals surface area (Å²) in [7, 11) is -3.61. The Bertz CT molecular complexity index is 591. The summed E-state index contributed by atoms with van der Waals surface area (Å²) >= 11 is 0. The molecule has 0 saturated carbocycles. The first-order valence-electron chi connectivity index (χ1n) is 7.07. The lowest BCUT2D eigenvalue weighted by molar-refractivity contribution is -0.0371. The Morgan fingerprint density at radius 3 is 2.86 bits per heavy atom. The lowest BCUT2D eigenvalue weighted by atomic mass is 9.86. The number of nitrogens with zero attached hydrogens (tertiary/aromatic N) is 2. The number of hydrogen-bond donors (Lipinski definition) is 1. The van der Waals surface area contributed by atoms with E-state index in [4.69, 9.17) is 4.74 Å². The van der Waals surface area contributed by atoms with Gasteiger partial charge in [0.05, 0.1) is 25.0 Å². The Morgan fingerprint density at radius 1 is 1.55 bits per heavy atom. The van der Waals surface area contributed by atoms with Crippen LogP contribution in [0.15, 0.2) is 12.4 Å². The van der Waals surface area contributed by atoms with Crippen LogP contribution in [0.3, 0.4) is 0 Å². The van der Waals surface area contributed by atoms with Crippen LogP contribution in [0.4, 0.5) is 8.78 Å². The van der Waals surface area contributed by atoms with Crippen LogP contribution in [-0.2, 0) is 21.3 Å². The number of ether oxygens (including phenoxy) is 1. The van der Waals surface area contributed by atoms with Crippen molar-refractivity contribution in [1.82, 2.24) is 14.3 Å². The molecule has 0 aliphatic carbocycles. The molecular formula is C13H21F2N3O3S. The molecule has 0 aromatic carbocycles. The molecule has 1 aromatic rings. The smallest absolute Gasteiger partial charge is 0.319 e. The maximum absolute atomic E-state index is 12.7. The van der Waals surface area contributed by atoms with E-state index in [0.29, 0.717) is 17.6 Å². The first-order valence-corrected chi connectivity index (χ1v) is 8.73.